The number of non-ortho nitro benzene ring substituents is 1. The van der Waals surface area contributed by atoms with Gasteiger partial charge in [0.15, 0.2) is 0 Å². The molecule has 122 valence electrons. The first kappa shape index (κ1) is 16.1. The maximum Gasteiger partial charge on any atom is 0.269 e. The fraction of sp³-hybridized carbons (Fsp3) is 0.412. The van der Waals surface area contributed by atoms with Crippen molar-refractivity contribution >= 4 is 17.0 Å². The fourth-order valence-corrected chi connectivity index (χ4v) is 3.73. The molecule has 0 bridgehead atoms. The van der Waals surface area contributed by atoms with Gasteiger partial charge in [-0.1, -0.05) is 0 Å². The molecule has 2 atom stereocenters. The molecule has 0 aliphatic carbocycles. The second-order valence-electron chi connectivity index (χ2n) is 5.79. The normalized spacial score (nSPS) is 18.9. The van der Waals surface area contributed by atoms with E-state index in [1.807, 2.05) is 0 Å². The third kappa shape index (κ3) is 3.96. The van der Waals surface area contributed by atoms with Crippen LogP contribution < -0.4 is 5.32 Å². The van der Waals surface area contributed by atoms with Gasteiger partial charge in [-0.05, 0) is 49.6 Å². The van der Waals surface area contributed by atoms with Crippen LogP contribution in [0, 0.1) is 10.1 Å². The molecule has 0 spiro atoms. The molecule has 0 amide bonds. The lowest BCUT2D eigenvalue weighted by atomic mass is 10.1. The average molecular weight is 332 g/mol. The number of ether oxygens (including phenoxy) is 1. The minimum absolute atomic E-state index is 0.123. The van der Waals surface area contributed by atoms with Crippen LogP contribution in [0.5, 0.6) is 0 Å². The second kappa shape index (κ2) is 7.21. The number of nitro groups is 1. The van der Waals surface area contributed by atoms with Gasteiger partial charge < -0.3 is 10.1 Å². The van der Waals surface area contributed by atoms with Crippen molar-refractivity contribution in [2.45, 2.75) is 38.5 Å². The van der Waals surface area contributed by atoms with Crippen molar-refractivity contribution in [1.29, 1.82) is 0 Å². The third-order valence-corrected chi connectivity index (χ3v) is 5.28. The SMILES string of the molecule is CC(NCc1ccc(-c2ccc([N+](=O)[O-])cc2)s1)C1CCCO1. The molecule has 0 saturated carbocycles. The maximum atomic E-state index is 10.7. The van der Waals surface area contributed by atoms with Gasteiger partial charge in [-0.25, -0.2) is 0 Å². The monoisotopic (exact) mass is 332 g/mol. The van der Waals surface area contributed by atoms with Crippen molar-refractivity contribution in [2.24, 2.45) is 0 Å². The third-order valence-electron chi connectivity index (χ3n) is 4.15. The molecule has 2 unspecified atom stereocenters. The summed E-state index contributed by atoms with van der Waals surface area (Å²) in [6.45, 7) is 3.86. The van der Waals surface area contributed by atoms with Crippen molar-refractivity contribution in [1.82, 2.24) is 5.32 Å². The lowest BCUT2D eigenvalue weighted by Crippen LogP contribution is -2.36. The van der Waals surface area contributed by atoms with E-state index in [4.69, 9.17) is 4.74 Å². The van der Waals surface area contributed by atoms with Gasteiger partial charge in [0.1, 0.15) is 0 Å². The van der Waals surface area contributed by atoms with Gasteiger partial charge in [0.2, 0.25) is 0 Å². The molecule has 5 nitrogen and oxygen atoms in total. The minimum Gasteiger partial charge on any atom is -0.377 e. The van der Waals surface area contributed by atoms with Crippen LogP contribution >= 0.6 is 11.3 Å². The quantitative estimate of drug-likeness (QED) is 0.642. The van der Waals surface area contributed by atoms with Crippen LogP contribution in [0.25, 0.3) is 10.4 Å². The highest BCUT2D eigenvalue weighted by molar-refractivity contribution is 7.15. The highest BCUT2D eigenvalue weighted by atomic mass is 32.1. The van der Waals surface area contributed by atoms with Crippen molar-refractivity contribution < 1.29 is 9.66 Å². The summed E-state index contributed by atoms with van der Waals surface area (Å²) >= 11 is 1.71. The van der Waals surface area contributed by atoms with Crippen molar-refractivity contribution in [3.63, 3.8) is 0 Å². The van der Waals surface area contributed by atoms with E-state index >= 15 is 0 Å². The van der Waals surface area contributed by atoms with Crippen LogP contribution in [0.1, 0.15) is 24.6 Å². The smallest absolute Gasteiger partial charge is 0.269 e. The van der Waals surface area contributed by atoms with Crippen LogP contribution in [0.4, 0.5) is 5.69 Å². The Labute approximate surface area is 139 Å². The maximum absolute atomic E-state index is 10.7. The van der Waals surface area contributed by atoms with E-state index in [9.17, 15) is 10.1 Å². The summed E-state index contributed by atoms with van der Waals surface area (Å²) in [6, 6.07) is 11.2. The molecule has 2 heterocycles. The minimum atomic E-state index is -0.375. The van der Waals surface area contributed by atoms with Crippen LogP contribution in [-0.2, 0) is 11.3 Å². The zero-order valence-electron chi connectivity index (χ0n) is 13.0. The summed E-state index contributed by atoms with van der Waals surface area (Å²) in [4.78, 5) is 12.7. The van der Waals surface area contributed by atoms with Crippen LogP contribution in [-0.4, -0.2) is 23.7 Å². The Morgan fingerprint density at radius 1 is 1.35 bits per heavy atom. The van der Waals surface area contributed by atoms with Gasteiger partial charge >= 0.3 is 0 Å². The summed E-state index contributed by atoms with van der Waals surface area (Å²) in [6.07, 6.45) is 2.61. The number of nitrogens with zero attached hydrogens (tertiary/aromatic N) is 1. The molecule has 23 heavy (non-hydrogen) atoms. The fourth-order valence-electron chi connectivity index (χ4n) is 2.77. The van der Waals surface area contributed by atoms with Gasteiger partial charge in [0.05, 0.1) is 11.0 Å². The average Bonchev–Trinajstić information content (AvgIpc) is 3.24. The molecular formula is C17H20N2O3S. The summed E-state index contributed by atoms with van der Waals surface area (Å²) in [5.41, 5.74) is 1.14. The van der Waals surface area contributed by atoms with E-state index in [1.54, 1.807) is 35.6 Å². The zero-order valence-corrected chi connectivity index (χ0v) is 13.8. The number of nitro benzene ring substituents is 1. The van der Waals surface area contributed by atoms with Crippen LogP contribution in [0.3, 0.4) is 0 Å². The van der Waals surface area contributed by atoms with E-state index in [0.717, 1.165) is 36.4 Å². The largest absolute Gasteiger partial charge is 0.377 e. The first-order valence-electron chi connectivity index (χ1n) is 7.82. The van der Waals surface area contributed by atoms with Crippen LogP contribution in [0.2, 0.25) is 0 Å². The number of nitrogens with one attached hydrogen (secondary N) is 1. The summed E-state index contributed by atoms with van der Waals surface area (Å²) in [5.74, 6) is 0. The van der Waals surface area contributed by atoms with E-state index in [0.29, 0.717) is 12.1 Å². The topological polar surface area (TPSA) is 64.4 Å². The Kier molecular flexibility index (Phi) is 5.05. The number of hydrogen-bond donors (Lipinski definition) is 1. The molecule has 1 aliphatic heterocycles. The van der Waals surface area contributed by atoms with Crippen molar-refractivity contribution in [2.75, 3.05) is 6.61 Å². The first-order chi connectivity index (χ1) is 11.1. The van der Waals surface area contributed by atoms with E-state index in [2.05, 4.69) is 24.4 Å². The molecule has 3 rings (SSSR count). The molecule has 1 aliphatic rings. The predicted molar refractivity (Wildman–Crippen MR) is 91.7 cm³/mol. The van der Waals surface area contributed by atoms with Gasteiger partial charge in [-0.15, -0.1) is 11.3 Å². The molecule has 0 radical (unpaired) electrons. The molecular weight excluding hydrogens is 312 g/mol. The zero-order chi connectivity index (χ0) is 16.2. The predicted octanol–water partition coefficient (Wildman–Crippen LogP) is 3.98. The molecule has 1 N–H and O–H groups in total. The standard InChI is InChI=1S/C17H20N2O3S/c1-12(16-3-2-10-22-16)18-11-15-8-9-17(23-15)13-4-6-14(7-5-13)19(20)21/h4-9,12,16,18H,2-3,10-11H2,1H3. The Morgan fingerprint density at radius 2 is 2.13 bits per heavy atom. The highest BCUT2D eigenvalue weighted by Crippen LogP contribution is 2.29. The molecule has 2 aromatic rings. The van der Waals surface area contributed by atoms with E-state index in [1.165, 1.54) is 4.88 Å². The summed E-state index contributed by atoms with van der Waals surface area (Å²) in [5, 5.41) is 14.2. The Balaban J connectivity index is 1.60. The number of benzene rings is 1. The van der Waals surface area contributed by atoms with Gasteiger partial charge in [-0.3, -0.25) is 10.1 Å². The highest BCUT2D eigenvalue weighted by Gasteiger charge is 2.21. The molecule has 6 heteroatoms. The Morgan fingerprint density at radius 3 is 2.78 bits per heavy atom. The van der Waals surface area contributed by atoms with Gasteiger partial charge in [-0.2, -0.15) is 0 Å². The molecule has 1 saturated heterocycles. The Bertz CT molecular complexity index is 663. The van der Waals surface area contributed by atoms with Crippen molar-refractivity contribution in [3.05, 3.63) is 51.4 Å². The lowest BCUT2D eigenvalue weighted by molar-refractivity contribution is -0.384. The van der Waals surface area contributed by atoms with Gasteiger partial charge in [0, 0.05) is 41.1 Å². The number of thiophene rings is 1. The Hall–Kier alpha value is -1.76. The molecule has 1 fully saturated rings. The number of rotatable bonds is 6. The summed E-state index contributed by atoms with van der Waals surface area (Å²) < 4.78 is 5.69. The van der Waals surface area contributed by atoms with E-state index < -0.39 is 0 Å². The molecule has 1 aromatic heterocycles. The lowest BCUT2D eigenvalue weighted by Gasteiger charge is -2.19. The van der Waals surface area contributed by atoms with Gasteiger partial charge in [0.25, 0.3) is 5.69 Å². The second-order valence-corrected chi connectivity index (χ2v) is 6.96. The first-order valence-corrected chi connectivity index (χ1v) is 8.63. The number of hydrogen-bond acceptors (Lipinski definition) is 5. The van der Waals surface area contributed by atoms with E-state index in [-0.39, 0.29) is 10.6 Å². The molecule has 1 aromatic carbocycles. The summed E-state index contributed by atoms with van der Waals surface area (Å²) in [7, 11) is 0. The van der Waals surface area contributed by atoms with Crippen molar-refractivity contribution in [3.8, 4) is 10.4 Å². The van der Waals surface area contributed by atoms with Crippen LogP contribution in [0.15, 0.2) is 36.4 Å².